The van der Waals surface area contributed by atoms with Crippen molar-refractivity contribution >= 4 is 28.5 Å². The number of carbonyl (C=O) groups excluding carboxylic acids is 2. The molecule has 1 saturated heterocycles. The van der Waals surface area contributed by atoms with E-state index in [0.29, 0.717) is 44.3 Å². The molecular formula is C23H29N3O3. The van der Waals surface area contributed by atoms with Crippen LogP contribution in [0.5, 0.6) is 0 Å². The zero-order valence-corrected chi connectivity index (χ0v) is 17.1. The molecule has 0 atom stereocenters. The van der Waals surface area contributed by atoms with Crippen molar-refractivity contribution in [1.82, 2.24) is 9.88 Å². The van der Waals surface area contributed by atoms with Crippen molar-refractivity contribution in [3.8, 4) is 0 Å². The lowest BCUT2D eigenvalue weighted by Crippen LogP contribution is -2.51. The van der Waals surface area contributed by atoms with Crippen LogP contribution >= 0.6 is 0 Å². The van der Waals surface area contributed by atoms with Crippen LogP contribution in [0.25, 0.3) is 10.9 Å². The number of para-hydroxylation sites is 1. The first-order chi connectivity index (χ1) is 14.2. The highest BCUT2D eigenvalue weighted by molar-refractivity contribution is 6.05. The predicted molar refractivity (Wildman–Crippen MR) is 113 cm³/mol. The number of esters is 1. The second kappa shape index (κ2) is 8.80. The first kappa shape index (κ1) is 19.7. The van der Waals surface area contributed by atoms with Gasteiger partial charge in [0.25, 0.3) is 0 Å². The lowest BCUT2D eigenvalue weighted by Gasteiger charge is -2.39. The number of benzene rings is 1. The van der Waals surface area contributed by atoms with Gasteiger partial charge in [-0.25, -0.2) is 4.79 Å². The molecule has 6 heteroatoms. The first-order valence-electron chi connectivity index (χ1n) is 10.8. The van der Waals surface area contributed by atoms with Crippen LogP contribution in [0.3, 0.4) is 0 Å². The maximum absolute atomic E-state index is 12.9. The second-order valence-electron chi connectivity index (χ2n) is 7.91. The number of rotatable bonds is 4. The summed E-state index contributed by atoms with van der Waals surface area (Å²) in [6, 6.07) is 7.87. The van der Waals surface area contributed by atoms with Crippen molar-refractivity contribution in [2.45, 2.75) is 39.0 Å². The molecule has 6 nitrogen and oxygen atoms in total. The smallest absolute Gasteiger partial charge is 0.341 e. The van der Waals surface area contributed by atoms with Gasteiger partial charge < -0.3 is 14.5 Å². The van der Waals surface area contributed by atoms with Crippen LogP contribution in [0.4, 0.5) is 5.69 Å². The van der Waals surface area contributed by atoms with E-state index < -0.39 is 0 Å². The van der Waals surface area contributed by atoms with Crippen LogP contribution in [0, 0.1) is 5.92 Å². The Morgan fingerprint density at radius 1 is 1.07 bits per heavy atom. The molecule has 154 valence electrons. The van der Waals surface area contributed by atoms with Gasteiger partial charge in [0.15, 0.2) is 0 Å². The summed E-state index contributed by atoms with van der Waals surface area (Å²) in [5.74, 6) is 0.170. The van der Waals surface area contributed by atoms with E-state index in [1.165, 1.54) is 19.3 Å². The van der Waals surface area contributed by atoms with Crippen LogP contribution in [0.2, 0.25) is 0 Å². The average molecular weight is 396 g/mol. The Bertz CT molecular complexity index is 884. The number of pyridine rings is 1. The molecule has 2 aliphatic rings. The standard InChI is InChI=1S/C23H29N3O3/c1-2-29-23(28)19-16-24-20-11-7-6-10-18(20)21(19)25-12-14-26(15-13-25)22(27)17-8-4-3-5-9-17/h6-7,10-11,16-17H,2-5,8-9,12-15H2,1H3. The van der Waals surface area contributed by atoms with Crippen molar-refractivity contribution in [3.63, 3.8) is 0 Å². The van der Waals surface area contributed by atoms with Crippen LogP contribution in [-0.4, -0.2) is 54.5 Å². The number of amides is 1. The molecule has 4 rings (SSSR count). The molecule has 1 saturated carbocycles. The number of fused-ring (bicyclic) bond motifs is 1. The lowest BCUT2D eigenvalue weighted by atomic mass is 9.88. The number of nitrogens with zero attached hydrogens (tertiary/aromatic N) is 3. The molecule has 0 spiro atoms. The molecule has 0 N–H and O–H groups in total. The van der Waals surface area contributed by atoms with Crippen molar-refractivity contribution in [2.24, 2.45) is 5.92 Å². The topological polar surface area (TPSA) is 62.7 Å². The fraction of sp³-hybridized carbons (Fsp3) is 0.522. The Kier molecular flexibility index (Phi) is 5.97. The molecule has 2 heterocycles. The van der Waals surface area contributed by atoms with Crippen LogP contribution in [-0.2, 0) is 9.53 Å². The Labute approximate surface area is 171 Å². The lowest BCUT2D eigenvalue weighted by molar-refractivity contribution is -0.136. The van der Waals surface area contributed by atoms with E-state index in [2.05, 4.69) is 9.88 Å². The van der Waals surface area contributed by atoms with Crippen LogP contribution in [0.1, 0.15) is 49.4 Å². The van der Waals surface area contributed by atoms with Crippen LogP contribution in [0.15, 0.2) is 30.5 Å². The minimum Gasteiger partial charge on any atom is -0.462 e. The molecule has 0 unspecified atom stereocenters. The summed E-state index contributed by atoms with van der Waals surface area (Å²) in [4.78, 5) is 34.1. The maximum atomic E-state index is 12.9. The highest BCUT2D eigenvalue weighted by atomic mass is 16.5. The van der Waals surface area contributed by atoms with E-state index in [0.717, 1.165) is 29.4 Å². The number of ether oxygens (including phenoxy) is 1. The van der Waals surface area contributed by atoms with Gasteiger partial charge in [-0.1, -0.05) is 37.5 Å². The third-order valence-electron chi connectivity index (χ3n) is 6.10. The normalized spacial score (nSPS) is 18.1. The number of aromatic nitrogens is 1. The Morgan fingerprint density at radius 2 is 1.79 bits per heavy atom. The van der Waals surface area contributed by atoms with Gasteiger partial charge in [0.05, 0.1) is 17.8 Å². The molecule has 2 fully saturated rings. The van der Waals surface area contributed by atoms with Gasteiger partial charge in [0, 0.05) is 43.7 Å². The Hall–Kier alpha value is -2.63. The minimum absolute atomic E-state index is 0.201. The molecule has 1 aliphatic heterocycles. The minimum atomic E-state index is -0.346. The van der Waals surface area contributed by atoms with Gasteiger partial charge in [-0.05, 0) is 25.8 Å². The monoisotopic (exact) mass is 395 g/mol. The summed E-state index contributed by atoms with van der Waals surface area (Å²) >= 11 is 0. The third kappa shape index (κ3) is 4.07. The number of piperazine rings is 1. The van der Waals surface area contributed by atoms with E-state index in [-0.39, 0.29) is 11.9 Å². The molecular weight excluding hydrogens is 366 g/mol. The zero-order valence-electron chi connectivity index (χ0n) is 17.1. The quantitative estimate of drug-likeness (QED) is 0.740. The summed E-state index contributed by atoms with van der Waals surface area (Å²) in [5, 5.41) is 0.949. The van der Waals surface area contributed by atoms with E-state index in [4.69, 9.17) is 4.74 Å². The maximum Gasteiger partial charge on any atom is 0.341 e. The molecule has 0 radical (unpaired) electrons. The molecule has 1 amide bonds. The van der Waals surface area contributed by atoms with Crippen molar-refractivity contribution in [1.29, 1.82) is 0 Å². The molecule has 2 aromatic rings. The highest BCUT2D eigenvalue weighted by Crippen LogP contribution is 2.32. The van der Waals surface area contributed by atoms with E-state index in [1.807, 2.05) is 36.1 Å². The van der Waals surface area contributed by atoms with Gasteiger partial charge in [-0.15, -0.1) is 0 Å². The van der Waals surface area contributed by atoms with E-state index >= 15 is 0 Å². The zero-order chi connectivity index (χ0) is 20.2. The number of anilines is 1. The number of hydrogen-bond acceptors (Lipinski definition) is 5. The molecule has 0 bridgehead atoms. The largest absolute Gasteiger partial charge is 0.462 e. The van der Waals surface area contributed by atoms with Gasteiger partial charge in [0.1, 0.15) is 5.56 Å². The molecule has 1 aliphatic carbocycles. The summed E-state index contributed by atoms with van der Waals surface area (Å²) in [6.07, 6.45) is 7.27. The summed E-state index contributed by atoms with van der Waals surface area (Å²) in [6.45, 7) is 4.93. The fourth-order valence-corrected chi connectivity index (χ4v) is 4.58. The summed E-state index contributed by atoms with van der Waals surface area (Å²) in [7, 11) is 0. The van der Waals surface area contributed by atoms with Crippen LogP contribution < -0.4 is 4.90 Å². The van der Waals surface area contributed by atoms with Gasteiger partial charge in [0.2, 0.25) is 5.91 Å². The van der Waals surface area contributed by atoms with E-state index in [1.54, 1.807) is 6.20 Å². The molecule has 1 aromatic heterocycles. The first-order valence-corrected chi connectivity index (χ1v) is 10.8. The number of hydrogen-bond donors (Lipinski definition) is 0. The average Bonchev–Trinajstić information content (AvgIpc) is 2.78. The van der Waals surface area contributed by atoms with Crippen molar-refractivity contribution in [2.75, 3.05) is 37.7 Å². The van der Waals surface area contributed by atoms with Gasteiger partial charge in [-0.3, -0.25) is 9.78 Å². The highest BCUT2D eigenvalue weighted by Gasteiger charge is 2.30. The Morgan fingerprint density at radius 3 is 2.52 bits per heavy atom. The molecule has 29 heavy (non-hydrogen) atoms. The Balaban J connectivity index is 1.56. The summed E-state index contributed by atoms with van der Waals surface area (Å²) in [5.41, 5.74) is 2.23. The van der Waals surface area contributed by atoms with Crippen molar-refractivity contribution in [3.05, 3.63) is 36.0 Å². The third-order valence-corrected chi connectivity index (χ3v) is 6.10. The summed E-state index contributed by atoms with van der Waals surface area (Å²) < 4.78 is 5.28. The van der Waals surface area contributed by atoms with E-state index in [9.17, 15) is 9.59 Å². The SMILES string of the molecule is CCOC(=O)c1cnc2ccccc2c1N1CCN(C(=O)C2CCCCC2)CC1. The number of carbonyl (C=O) groups is 2. The fourth-order valence-electron chi connectivity index (χ4n) is 4.58. The predicted octanol–water partition coefficient (Wildman–Crippen LogP) is 3.64. The second-order valence-corrected chi connectivity index (χ2v) is 7.91. The van der Waals surface area contributed by atoms with Crippen molar-refractivity contribution < 1.29 is 14.3 Å². The van der Waals surface area contributed by atoms with Gasteiger partial charge >= 0.3 is 5.97 Å². The van der Waals surface area contributed by atoms with Gasteiger partial charge in [-0.2, -0.15) is 0 Å². The molecule has 1 aromatic carbocycles.